The van der Waals surface area contributed by atoms with Crippen LogP contribution in [0.25, 0.3) is 32.3 Å². The molecule has 0 aliphatic carbocycles. The first-order chi connectivity index (χ1) is 22.7. The number of halogens is 2. The Balaban J connectivity index is 0.000000148. The van der Waals surface area contributed by atoms with Crippen molar-refractivity contribution in [1.29, 1.82) is 0 Å². The van der Waals surface area contributed by atoms with Gasteiger partial charge in [-0.2, -0.15) is 6.07 Å². The van der Waals surface area contributed by atoms with Gasteiger partial charge in [0.15, 0.2) is 0 Å². The molecule has 0 saturated carbocycles. The minimum absolute atomic E-state index is 0.203. The summed E-state index contributed by atoms with van der Waals surface area (Å²) >= 11 is -2.44. The maximum atomic E-state index is 6.24. The fraction of sp³-hybridized carbons (Fsp3) is 0.222. The summed E-state index contributed by atoms with van der Waals surface area (Å²) in [6.45, 7) is 17.9. The Morgan fingerprint density at radius 2 is 1.00 bits per heavy atom. The molecule has 7 rings (SSSR count). The van der Waals surface area contributed by atoms with Crippen LogP contribution in [0, 0.1) is 13.8 Å². The summed E-state index contributed by atoms with van der Waals surface area (Å²) in [5.41, 5.74) is 8.19. The molecule has 0 aromatic heterocycles. The molecule has 7 aromatic carbocycles. The summed E-state index contributed by atoms with van der Waals surface area (Å²) in [6.07, 6.45) is 0. The molecule has 0 radical (unpaired) electrons. The van der Waals surface area contributed by atoms with Crippen molar-refractivity contribution in [2.75, 3.05) is 0 Å². The Labute approximate surface area is 302 Å². The third kappa shape index (κ3) is 8.92. The predicted octanol–water partition coefficient (Wildman–Crippen LogP) is 13.7. The van der Waals surface area contributed by atoms with E-state index in [0.717, 1.165) is 14.3 Å². The zero-order chi connectivity index (χ0) is 34.6. The Bertz CT molecular complexity index is 2050. The fourth-order valence-corrected chi connectivity index (χ4v) is 10.5. The van der Waals surface area contributed by atoms with Gasteiger partial charge in [0.2, 0.25) is 0 Å². The van der Waals surface area contributed by atoms with Crippen LogP contribution >= 0.6 is 17.0 Å². The summed E-state index contributed by atoms with van der Waals surface area (Å²) in [7, 11) is 12.5. The molecule has 0 aliphatic rings. The van der Waals surface area contributed by atoms with E-state index in [9.17, 15) is 0 Å². The van der Waals surface area contributed by atoms with Crippen LogP contribution in [0.5, 0.6) is 0 Å². The Morgan fingerprint density at radius 1 is 0.521 bits per heavy atom. The summed E-state index contributed by atoms with van der Waals surface area (Å²) < 4.78 is 1.15. The molecule has 0 aliphatic heterocycles. The third-order valence-electron chi connectivity index (χ3n) is 8.76. The first kappa shape index (κ1) is 36.2. The predicted molar refractivity (Wildman–Crippen MR) is 211 cm³/mol. The van der Waals surface area contributed by atoms with Crippen molar-refractivity contribution in [1.82, 2.24) is 0 Å². The molecule has 0 atom stereocenters. The van der Waals surface area contributed by atoms with Gasteiger partial charge in [-0.1, -0.05) is 89.4 Å². The van der Waals surface area contributed by atoms with Gasteiger partial charge in [-0.25, -0.2) is 0 Å². The van der Waals surface area contributed by atoms with Crippen LogP contribution in [0.3, 0.4) is 0 Å². The monoisotopic (exact) mass is 746 g/mol. The van der Waals surface area contributed by atoms with E-state index >= 15 is 0 Å². The second kappa shape index (κ2) is 15.2. The zero-order valence-corrected chi connectivity index (χ0v) is 33.4. The quantitative estimate of drug-likeness (QED) is 0.154. The van der Waals surface area contributed by atoms with Gasteiger partial charge >= 0.3 is 111 Å². The van der Waals surface area contributed by atoms with E-state index in [0.29, 0.717) is 0 Å². The van der Waals surface area contributed by atoms with Gasteiger partial charge in [0.25, 0.3) is 0 Å². The molecule has 0 heterocycles. The second-order valence-corrected chi connectivity index (χ2v) is 22.9. The fourth-order valence-electron chi connectivity index (χ4n) is 6.03. The minimum atomic E-state index is -2.44. The maximum absolute atomic E-state index is 6.24. The molecule has 0 spiro atoms. The van der Waals surface area contributed by atoms with Crippen LogP contribution in [-0.4, -0.2) is 3.21 Å². The molecular weight excluding hydrogens is 703 g/mol. The Hall–Kier alpha value is -3.09. The third-order valence-corrected chi connectivity index (χ3v) is 13.3. The van der Waals surface area contributed by atoms with Crippen molar-refractivity contribution in [2.24, 2.45) is 0 Å². The molecule has 7 aromatic rings. The van der Waals surface area contributed by atoms with Gasteiger partial charge in [-0.15, -0.1) is 80.3 Å². The molecule has 246 valence electrons. The molecule has 0 N–H and O–H groups in total. The van der Waals surface area contributed by atoms with Gasteiger partial charge in [0, 0.05) is 0 Å². The van der Waals surface area contributed by atoms with Gasteiger partial charge < -0.3 is 0 Å². The number of fused-ring (bicyclic) bond motifs is 4. The summed E-state index contributed by atoms with van der Waals surface area (Å²) in [5.74, 6) is 0. The number of rotatable bonds is 2. The molecule has 0 fully saturated rings. The molecule has 0 unspecified atom stereocenters. The van der Waals surface area contributed by atoms with E-state index in [1.807, 2.05) is 36.4 Å². The average Bonchev–Trinajstić information content (AvgIpc) is 3.60. The standard InChI is InChI=1S/C21H25.C13H10.C11H11.2ClH.Zr/c1-20(2,3)16-7-9-18-14(12-16)11-15-13-17(21(4,5)6)8-10-19(15)18;1-3-7-12(8-4-1)11-13-9-5-2-6-10-13;1-8-3-4-10-6-9(2)7-11(10)5-8;;;/h7-13H,1-6H3;1-10H;3-7H,1-2H3;2*1H;/q-1;;-1;;;+2/p-2. The first-order valence-corrected chi connectivity index (χ1v) is 24.2. The molecule has 48 heavy (non-hydrogen) atoms. The van der Waals surface area contributed by atoms with Gasteiger partial charge in [-0.3, -0.25) is 0 Å². The van der Waals surface area contributed by atoms with Crippen LogP contribution in [0.1, 0.15) is 74.9 Å². The zero-order valence-electron chi connectivity index (χ0n) is 29.5. The number of benzene rings is 5. The normalized spacial score (nSPS) is 11.5. The van der Waals surface area contributed by atoms with E-state index in [1.54, 1.807) is 0 Å². The van der Waals surface area contributed by atoms with E-state index < -0.39 is 18.9 Å². The van der Waals surface area contributed by atoms with Gasteiger partial charge in [-0.05, 0) is 17.8 Å². The first-order valence-electron chi connectivity index (χ1n) is 16.6. The number of hydrogen-bond donors (Lipinski definition) is 0. The van der Waals surface area contributed by atoms with Crippen molar-refractivity contribution in [3.05, 3.63) is 167 Å². The van der Waals surface area contributed by atoms with E-state index in [4.69, 9.17) is 17.0 Å². The van der Waals surface area contributed by atoms with Crippen LogP contribution in [0.15, 0.2) is 133 Å². The van der Waals surface area contributed by atoms with Crippen molar-refractivity contribution in [2.45, 2.75) is 66.2 Å². The van der Waals surface area contributed by atoms with Crippen LogP contribution < -0.4 is 0 Å². The van der Waals surface area contributed by atoms with Crippen molar-refractivity contribution < 1.29 is 18.9 Å². The van der Waals surface area contributed by atoms with Crippen molar-refractivity contribution in [3.63, 3.8) is 0 Å². The van der Waals surface area contributed by atoms with E-state index in [1.165, 1.54) is 54.6 Å². The molecule has 0 amide bonds. The molecule has 0 nitrogen and oxygen atoms in total. The topological polar surface area (TPSA) is 0 Å². The van der Waals surface area contributed by atoms with Gasteiger partial charge in [0.05, 0.1) is 0 Å². The number of aryl methyl sites for hydroxylation is 2. The number of hydrogen-bond acceptors (Lipinski definition) is 0. The summed E-state index contributed by atoms with van der Waals surface area (Å²) in [6, 6.07) is 47.5. The molecule has 3 heteroatoms. The SMILES string of the molecule is CC(C)(C)c1ccc2c(c1)[cH-]c1cc(C(C)(C)C)ccc12.Cc1ccc2[cH-]c(C)cc2c1.[Cl][Zr]([Cl])=[C](c1ccccc1)c1ccccc1. The molecule has 0 bridgehead atoms. The van der Waals surface area contributed by atoms with Crippen LogP contribution in [-0.2, 0) is 29.7 Å². The Morgan fingerprint density at radius 3 is 1.44 bits per heavy atom. The van der Waals surface area contributed by atoms with Crippen LogP contribution in [0.4, 0.5) is 0 Å². The van der Waals surface area contributed by atoms with Crippen molar-refractivity contribution >= 4 is 52.5 Å². The van der Waals surface area contributed by atoms with E-state index in [-0.39, 0.29) is 10.8 Å². The summed E-state index contributed by atoms with van der Waals surface area (Å²) in [5, 5.41) is 8.19. The molecular formula is C45H46Cl2Zr-2. The Kier molecular flexibility index (Phi) is 11.5. The second-order valence-electron chi connectivity index (χ2n) is 14.8. The van der Waals surface area contributed by atoms with Crippen molar-refractivity contribution in [3.8, 4) is 0 Å². The molecule has 0 saturated heterocycles. The average molecular weight is 749 g/mol. The van der Waals surface area contributed by atoms with E-state index in [2.05, 4.69) is 152 Å². The summed E-state index contributed by atoms with van der Waals surface area (Å²) in [4.78, 5) is 0. The van der Waals surface area contributed by atoms with Crippen LogP contribution in [0.2, 0.25) is 0 Å². The van der Waals surface area contributed by atoms with Gasteiger partial charge in [0.1, 0.15) is 0 Å².